The van der Waals surface area contributed by atoms with E-state index >= 15 is 0 Å². The van der Waals surface area contributed by atoms with Crippen molar-refractivity contribution in [1.29, 1.82) is 0 Å². The summed E-state index contributed by atoms with van der Waals surface area (Å²) in [5.41, 5.74) is 6.98. The number of hydrogen-bond acceptors (Lipinski definition) is 4. The quantitative estimate of drug-likeness (QED) is 0.809. The van der Waals surface area contributed by atoms with E-state index in [-0.39, 0.29) is 16.0 Å². The second kappa shape index (κ2) is 6.52. The van der Waals surface area contributed by atoms with Crippen LogP contribution < -0.4 is 10.5 Å². The number of rotatable bonds is 5. The van der Waals surface area contributed by atoms with E-state index in [9.17, 15) is 8.42 Å². The van der Waals surface area contributed by atoms with Gasteiger partial charge in [0.25, 0.3) is 0 Å². The first-order valence-corrected chi connectivity index (χ1v) is 8.96. The van der Waals surface area contributed by atoms with Crippen LogP contribution in [0, 0.1) is 6.92 Å². The van der Waals surface area contributed by atoms with E-state index in [1.54, 1.807) is 13.0 Å². The summed E-state index contributed by atoms with van der Waals surface area (Å²) in [7, 11) is -3.66. The van der Waals surface area contributed by atoms with Gasteiger partial charge in [-0.15, -0.1) is 0 Å². The fourth-order valence-corrected chi connectivity index (χ4v) is 4.44. The van der Waals surface area contributed by atoms with E-state index in [2.05, 4.69) is 9.62 Å². The van der Waals surface area contributed by atoms with E-state index in [0.29, 0.717) is 12.2 Å². The van der Waals surface area contributed by atoms with Gasteiger partial charge in [-0.3, -0.25) is 0 Å². The fourth-order valence-electron chi connectivity index (χ4n) is 2.59. The summed E-state index contributed by atoms with van der Waals surface area (Å²) < 4.78 is 27.5. The topological polar surface area (TPSA) is 75.4 Å². The van der Waals surface area contributed by atoms with Crippen LogP contribution in [0.25, 0.3) is 0 Å². The second-order valence-corrected chi connectivity index (χ2v) is 7.76. The zero-order chi connectivity index (χ0) is 15.6. The van der Waals surface area contributed by atoms with E-state index in [0.717, 1.165) is 18.7 Å². The van der Waals surface area contributed by atoms with Gasteiger partial charge in [-0.05, 0) is 57.5 Å². The molecule has 0 saturated carbocycles. The normalized spacial score (nSPS) is 18.0. The number of nitrogens with two attached hydrogens (primary N) is 1. The number of nitrogens with one attached hydrogen (secondary N) is 1. The molecule has 5 nitrogen and oxygen atoms in total. The molecule has 1 aromatic rings. The van der Waals surface area contributed by atoms with Gasteiger partial charge in [0.05, 0.1) is 5.02 Å². The summed E-state index contributed by atoms with van der Waals surface area (Å²) in [6, 6.07) is 2.82. The SMILES string of the molecule is Cc1cc(Cl)c(S(=O)(=O)NC(C)CN2CCCC2)cc1N. The third-order valence-electron chi connectivity index (χ3n) is 3.70. The first-order chi connectivity index (χ1) is 9.79. The molecule has 0 radical (unpaired) electrons. The zero-order valence-electron chi connectivity index (χ0n) is 12.4. The summed E-state index contributed by atoms with van der Waals surface area (Å²) in [6.07, 6.45) is 2.36. The summed E-state index contributed by atoms with van der Waals surface area (Å²) >= 11 is 6.05. The van der Waals surface area contributed by atoms with Gasteiger partial charge in [-0.2, -0.15) is 0 Å². The number of nitrogen functional groups attached to an aromatic ring is 1. The lowest BCUT2D eigenvalue weighted by Gasteiger charge is -2.21. The minimum Gasteiger partial charge on any atom is -0.398 e. The van der Waals surface area contributed by atoms with Crippen molar-refractivity contribution < 1.29 is 8.42 Å². The minimum atomic E-state index is -3.66. The highest BCUT2D eigenvalue weighted by molar-refractivity contribution is 7.89. The summed E-state index contributed by atoms with van der Waals surface area (Å²) in [4.78, 5) is 2.30. The first-order valence-electron chi connectivity index (χ1n) is 7.10. The molecule has 0 spiro atoms. The van der Waals surface area contributed by atoms with Crippen LogP contribution in [-0.4, -0.2) is 39.0 Å². The Morgan fingerprint density at radius 2 is 2.00 bits per heavy atom. The summed E-state index contributed by atoms with van der Waals surface area (Å²) in [5, 5.41) is 0.197. The van der Waals surface area contributed by atoms with Gasteiger partial charge in [0.1, 0.15) is 4.90 Å². The molecule has 7 heteroatoms. The average molecular weight is 332 g/mol. The highest BCUT2D eigenvalue weighted by Crippen LogP contribution is 2.26. The molecule has 1 saturated heterocycles. The molecule has 21 heavy (non-hydrogen) atoms. The van der Waals surface area contributed by atoms with Crippen molar-refractivity contribution in [3.8, 4) is 0 Å². The monoisotopic (exact) mass is 331 g/mol. The van der Waals surface area contributed by atoms with Gasteiger partial charge >= 0.3 is 0 Å². The van der Waals surface area contributed by atoms with Crippen LogP contribution in [0.15, 0.2) is 17.0 Å². The smallest absolute Gasteiger partial charge is 0.242 e. The lowest BCUT2D eigenvalue weighted by molar-refractivity contribution is 0.313. The van der Waals surface area contributed by atoms with Crippen molar-refractivity contribution in [1.82, 2.24) is 9.62 Å². The number of benzene rings is 1. The molecule has 3 N–H and O–H groups in total. The molecule has 0 bridgehead atoms. The van der Waals surface area contributed by atoms with Crippen molar-refractivity contribution in [2.75, 3.05) is 25.4 Å². The van der Waals surface area contributed by atoms with Gasteiger partial charge in [0.2, 0.25) is 10.0 Å². The molecule has 1 heterocycles. The molecular formula is C14H22ClN3O2S. The Morgan fingerprint density at radius 3 is 2.62 bits per heavy atom. The van der Waals surface area contributed by atoms with Crippen LogP contribution in [0.1, 0.15) is 25.3 Å². The number of aryl methyl sites for hydroxylation is 1. The van der Waals surface area contributed by atoms with Crippen molar-refractivity contribution in [2.45, 2.75) is 37.6 Å². The van der Waals surface area contributed by atoms with Gasteiger partial charge in [0, 0.05) is 18.3 Å². The Balaban J connectivity index is 2.12. The molecule has 0 aliphatic carbocycles. The molecule has 2 rings (SSSR count). The number of nitrogens with zero attached hydrogens (tertiary/aromatic N) is 1. The number of sulfonamides is 1. The molecule has 1 aliphatic rings. The van der Waals surface area contributed by atoms with Crippen molar-refractivity contribution in [2.24, 2.45) is 0 Å². The van der Waals surface area contributed by atoms with E-state index in [1.807, 2.05) is 6.92 Å². The molecule has 1 unspecified atom stereocenters. The fraction of sp³-hybridized carbons (Fsp3) is 0.571. The van der Waals surface area contributed by atoms with E-state index in [1.165, 1.54) is 18.9 Å². The maximum Gasteiger partial charge on any atom is 0.242 e. The number of likely N-dealkylation sites (tertiary alicyclic amines) is 1. The summed E-state index contributed by atoms with van der Waals surface area (Å²) in [6.45, 7) is 6.43. The molecule has 0 aromatic heterocycles. The Morgan fingerprint density at radius 1 is 1.38 bits per heavy atom. The van der Waals surface area contributed by atoms with Gasteiger partial charge in [0.15, 0.2) is 0 Å². The number of halogens is 1. The molecule has 1 atom stereocenters. The highest BCUT2D eigenvalue weighted by atomic mass is 35.5. The Hall–Kier alpha value is -0.820. The van der Waals surface area contributed by atoms with Gasteiger partial charge in [-0.25, -0.2) is 13.1 Å². The number of hydrogen-bond donors (Lipinski definition) is 2. The number of anilines is 1. The van der Waals surface area contributed by atoms with Crippen LogP contribution >= 0.6 is 11.6 Å². The van der Waals surface area contributed by atoms with Crippen LogP contribution in [0.5, 0.6) is 0 Å². The lowest BCUT2D eigenvalue weighted by atomic mass is 10.2. The van der Waals surface area contributed by atoms with E-state index in [4.69, 9.17) is 17.3 Å². The molecule has 118 valence electrons. The van der Waals surface area contributed by atoms with Crippen LogP contribution in [-0.2, 0) is 10.0 Å². The predicted molar refractivity (Wildman–Crippen MR) is 86.1 cm³/mol. The van der Waals surface area contributed by atoms with Crippen molar-refractivity contribution >= 4 is 27.3 Å². The Bertz CT molecular complexity index is 613. The van der Waals surface area contributed by atoms with E-state index < -0.39 is 10.0 Å². The Kier molecular flexibility index (Phi) is 5.14. The van der Waals surface area contributed by atoms with Crippen LogP contribution in [0.3, 0.4) is 0 Å². The molecule has 0 amide bonds. The maximum absolute atomic E-state index is 12.4. The van der Waals surface area contributed by atoms with Crippen molar-refractivity contribution in [3.05, 3.63) is 22.7 Å². The molecule has 1 fully saturated rings. The third kappa shape index (κ3) is 4.10. The van der Waals surface area contributed by atoms with Crippen LogP contribution in [0.2, 0.25) is 5.02 Å². The first kappa shape index (κ1) is 16.5. The highest BCUT2D eigenvalue weighted by Gasteiger charge is 2.23. The predicted octanol–water partition coefficient (Wildman–Crippen LogP) is 1.99. The van der Waals surface area contributed by atoms with Crippen molar-refractivity contribution in [3.63, 3.8) is 0 Å². The lowest BCUT2D eigenvalue weighted by Crippen LogP contribution is -2.41. The van der Waals surface area contributed by atoms with Crippen LogP contribution in [0.4, 0.5) is 5.69 Å². The summed E-state index contributed by atoms with van der Waals surface area (Å²) in [5.74, 6) is 0. The molecule has 1 aliphatic heterocycles. The maximum atomic E-state index is 12.4. The molecular weight excluding hydrogens is 310 g/mol. The minimum absolute atomic E-state index is 0.0422. The van der Waals surface area contributed by atoms with Gasteiger partial charge < -0.3 is 10.6 Å². The largest absolute Gasteiger partial charge is 0.398 e. The standard InChI is InChI=1S/C14H22ClN3O2S/c1-10-7-12(15)14(8-13(10)16)21(19,20)17-11(2)9-18-5-3-4-6-18/h7-8,11,17H,3-6,9,16H2,1-2H3. The average Bonchev–Trinajstić information content (AvgIpc) is 2.85. The van der Waals surface area contributed by atoms with Gasteiger partial charge in [-0.1, -0.05) is 11.6 Å². The third-order valence-corrected chi connectivity index (χ3v) is 5.75. The zero-order valence-corrected chi connectivity index (χ0v) is 14.0. The molecule has 1 aromatic carbocycles. The second-order valence-electron chi connectivity index (χ2n) is 5.67. The Labute approximate surface area is 131 Å².